The largest absolute Gasteiger partial charge is 0.508 e. The second-order valence-corrected chi connectivity index (χ2v) is 5.75. The van der Waals surface area contributed by atoms with Crippen LogP contribution in [0.5, 0.6) is 5.75 Å². The minimum Gasteiger partial charge on any atom is -0.508 e. The van der Waals surface area contributed by atoms with Crippen molar-refractivity contribution < 1.29 is 5.11 Å². The minimum atomic E-state index is 0.0762. The molecule has 1 unspecified atom stereocenters. The molecule has 0 heterocycles. The smallest absolute Gasteiger partial charge is 0.119 e. The molecule has 0 saturated heterocycles. The summed E-state index contributed by atoms with van der Waals surface area (Å²) >= 11 is 0. The van der Waals surface area contributed by atoms with E-state index in [4.69, 9.17) is 5.73 Å². The third kappa shape index (κ3) is 1.58. The van der Waals surface area contributed by atoms with Crippen LogP contribution in [0.25, 0.3) is 0 Å². The Hall–Kier alpha value is -1.02. The van der Waals surface area contributed by atoms with Crippen LogP contribution in [-0.4, -0.2) is 11.1 Å². The van der Waals surface area contributed by atoms with Crippen molar-refractivity contribution in [3.05, 3.63) is 28.8 Å². The predicted molar refractivity (Wildman–Crippen MR) is 69.3 cm³/mol. The molecular weight excluding hydrogens is 210 g/mol. The quantitative estimate of drug-likeness (QED) is 0.822. The van der Waals surface area contributed by atoms with Gasteiger partial charge >= 0.3 is 0 Å². The summed E-state index contributed by atoms with van der Waals surface area (Å²) in [4.78, 5) is 0. The molecule has 2 heteroatoms. The Morgan fingerprint density at radius 3 is 2.59 bits per heavy atom. The molecule has 1 aromatic rings. The zero-order valence-corrected chi connectivity index (χ0v) is 10.5. The van der Waals surface area contributed by atoms with Crippen LogP contribution < -0.4 is 5.73 Å². The van der Waals surface area contributed by atoms with E-state index in [9.17, 15) is 5.11 Å². The van der Waals surface area contributed by atoms with Gasteiger partial charge < -0.3 is 10.8 Å². The Morgan fingerprint density at radius 2 is 1.94 bits per heavy atom. The van der Waals surface area contributed by atoms with Crippen LogP contribution in [0, 0.1) is 0 Å². The van der Waals surface area contributed by atoms with Crippen molar-refractivity contribution in [2.24, 2.45) is 5.73 Å². The Bertz CT molecular complexity index is 446. The summed E-state index contributed by atoms with van der Waals surface area (Å²) in [5, 5.41) is 10.2. The summed E-state index contributed by atoms with van der Waals surface area (Å²) in [7, 11) is 0. The average molecular weight is 231 g/mol. The minimum absolute atomic E-state index is 0.0762. The summed E-state index contributed by atoms with van der Waals surface area (Å²) in [6, 6.07) is 4.12. The van der Waals surface area contributed by atoms with Crippen molar-refractivity contribution in [2.75, 3.05) is 0 Å². The lowest BCUT2D eigenvalue weighted by atomic mass is 9.79. The van der Waals surface area contributed by atoms with E-state index in [1.807, 2.05) is 6.07 Å². The van der Waals surface area contributed by atoms with E-state index < -0.39 is 0 Å². The molecule has 0 bridgehead atoms. The topological polar surface area (TPSA) is 46.2 Å². The van der Waals surface area contributed by atoms with Crippen LogP contribution in [0.1, 0.15) is 49.3 Å². The first-order chi connectivity index (χ1) is 8.15. The molecule has 0 amide bonds. The van der Waals surface area contributed by atoms with Crippen molar-refractivity contribution in [3.8, 4) is 5.75 Å². The van der Waals surface area contributed by atoms with Gasteiger partial charge in [-0.1, -0.05) is 6.07 Å². The predicted octanol–water partition coefficient (Wildman–Crippen LogP) is 2.65. The zero-order valence-electron chi connectivity index (χ0n) is 10.5. The van der Waals surface area contributed by atoms with Crippen LogP contribution >= 0.6 is 0 Å². The van der Waals surface area contributed by atoms with E-state index in [0.29, 0.717) is 5.75 Å². The second kappa shape index (κ2) is 3.74. The fourth-order valence-corrected chi connectivity index (χ4v) is 3.44. The summed E-state index contributed by atoms with van der Waals surface area (Å²) in [6.45, 7) is 2.08. The fourth-order valence-electron chi connectivity index (χ4n) is 3.44. The highest BCUT2D eigenvalue weighted by Crippen LogP contribution is 2.55. The molecule has 0 aromatic heterocycles. The van der Waals surface area contributed by atoms with Gasteiger partial charge in [0.1, 0.15) is 5.75 Å². The molecule has 0 aliphatic heterocycles. The highest BCUT2D eigenvalue weighted by molar-refractivity contribution is 5.53. The molecule has 2 aliphatic rings. The first-order valence-corrected chi connectivity index (χ1v) is 6.75. The van der Waals surface area contributed by atoms with Gasteiger partial charge in [0.25, 0.3) is 0 Å². The van der Waals surface area contributed by atoms with E-state index in [1.54, 1.807) is 0 Å². The van der Waals surface area contributed by atoms with Crippen LogP contribution in [0.4, 0.5) is 0 Å². The lowest BCUT2D eigenvalue weighted by Gasteiger charge is -2.28. The van der Waals surface area contributed by atoms with E-state index in [-0.39, 0.29) is 11.5 Å². The van der Waals surface area contributed by atoms with Gasteiger partial charge in [0, 0.05) is 17.0 Å². The van der Waals surface area contributed by atoms with E-state index >= 15 is 0 Å². The number of fused-ring (bicyclic) bond motifs is 1. The van der Waals surface area contributed by atoms with Crippen molar-refractivity contribution in [2.45, 2.75) is 56.9 Å². The van der Waals surface area contributed by atoms with Crippen molar-refractivity contribution >= 4 is 0 Å². The molecule has 1 saturated carbocycles. The highest BCUT2D eigenvalue weighted by Gasteiger charge is 2.50. The maximum Gasteiger partial charge on any atom is 0.119 e. The maximum absolute atomic E-state index is 10.2. The van der Waals surface area contributed by atoms with Crippen molar-refractivity contribution in [1.29, 1.82) is 0 Å². The fraction of sp³-hybridized carbons (Fsp3) is 0.600. The van der Waals surface area contributed by atoms with E-state index in [1.165, 1.54) is 29.5 Å². The van der Waals surface area contributed by atoms with E-state index in [2.05, 4.69) is 13.0 Å². The standard InChI is InChI=1S/C15H21NO/c1-10(16)15(8-9-15)14-12-5-3-2-4-11(12)6-7-13(14)17/h6-7,10,17H,2-5,8-9,16H2,1H3. The molecule has 3 N–H and O–H groups in total. The third-order valence-corrected chi connectivity index (χ3v) is 4.67. The van der Waals surface area contributed by atoms with Gasteiger partial charge in [-0.2, -0.15) is 0 Å². The third-order valence-electron chi connectivity index (χ3n) is 4.67. The molecule has 2 nitrogen and oxygen atoms in total. The molecule has 17 heavy (non-hydrogen) atoms. The van der Waals surface area contributed by atoms with E-state index in [0.717, 1.165) is 25.7 Å². The SMILES string of the molecule is CC(N)C1(c2c(O)ccc3c2CCCC3)CC1. The van der Waals surface area contributed by atoms with Gasteiger partial charge in [-0.3, -0.25) is 0 Å². The Kier molecular flexibility index (Phi) is 2.44. The lowest BCUT2D eigenvalue weighted by Crippen LogP contribution is -2.33. The number of aromatic hydroxyl groups is 1. The normalized spacial score (nSPS) is 22.9. The van der Waals surface area contributed by atoms with Gasteiger partial charge in [-0.05, 0) is 62.6 Å². The number of benzene rings is 1. The molecule has 2 aliphatic carbocycles. The monoisotopic (exact) mass is 231 g/mol. The summed E-state index contributed by atoms with van der Waals surface area (Å²) in [5.41, 5.74) is 10.3. The number of hydrogen-bond acceptors (Lipinski definition) is 2. The van der Waals surface area contributed by atoms with Crippen molar-refractivity contribution in [3.63, 3.8) is 0 Å². The van der Waals surface area contributed by atoms with Gasteiger partial charge in [0.05, 0.1) is 0 Å². The van der Waals surface area contributed by atoms with Gasteiger partial charge in [-0.15, -0.1) is 0 Å². The number of nitrogens with two attached hydrogens (primary N) is 1. The number of aryl methyl sites for hydroxylation is 1. The molecule has 0 radical (unpaired) electrons. The van der Waals surface area contributed by atoms with Gasteiger partial charge in [0.2, 0.25) is 0 Å². The second-order valence-electron chi connectivity index (χ2n) is 5.75. The molecule has 0 spiro atoms. The number of phenols is 1. The number of rotatable bonds is 2. The first-order valence-electron chi connectivity index (χ1n) is 6.75. The number of hydrogen-bond donors (Lipinski definition) is 2. The summed E-state index contributed by atoms with van der Waals surface area (Å²) < 4.78 is 0. The van der Waals surface area contributed by atoms with Crippen LogP contribution in [0.2, 0.25) is 0 Å². The van der Waals surface area contributed by atoms with Crippen LogP contribution in [0.3, 0.4) is 0 Å². The first kappa shape index (κ1) is 11.1. The van der Waals surface area contributed by atoms with Crippen molar-refractivity contribution in [1.82, 2.24) is 0 Å². The molecule has 3 rings (SSSR count). The molecule has 1 fully saturated rings. The maximum atomic E-state index is 10.2. The Labute approximate surface area is 103 Å². The average Bonchev–Trinajstić information content (AvgIpc) is 3.10. The Morgan fingerprint density at radius 1 is 1.24 bits per heavy atom. The zero-order chi connectivity index (χ0) is 12.0. The summed E-state index contributed by atoms with van der Waals surface area (Å²) in [5.74, 6) is 0.473. The summed E-state index contributed by atoms with van der Waals surface area (Å²) in [6.07, 6.45) is 7.08. The molecule has 92 valence electrons. The highest BCUT2D eigenvalue weighted by atomic mass is 16.3. The lowest BCUT2D eigenvalue weighted by molar-refractivity contribution is 0.441. The molecular formula is C15H21NO. The number of phenolic OH excluding ortho intramolecular Hbond substituents is 1. The van der Waals surface area contributed by atoms with Crippen LogP contribution in [-0.2, 0) is 18.3 Å². The molecule has 1 atom stereocenters. The van der Waals surface area contributed by atoms with Gasteiger partial charge in [0.15, 0.2) is 0 Å². The molecule has 1 aromatic carbocycles. The van der Waals surface area contributed by atoms with Gasteiger partial charge in [-0.25, -0.2) is 0 Å². The Balaban J connectivity index is 2.15. The van der Waals surface area contributed by atoms with Crippen LogP contribution in [0.15, 0.2) is 12.1 Å².